The van der Waals surface area contributed by atoms with E-state index in [4.69, 9.17) is 14.6 Å². The van der Waals surface area contributed by atoms with Gasteiger partial charge in [0.25, 0.3) is 5.91 Å². The van der Waals surface area contributed by atoms with Gasteiger partial charge in [-0.3, -0.25) is 4.79 Å². The Kier molecular flexibility index (Phi) is 5.12. The fourth-order valence-corrected chi connectivity index (χ4v) is 2.99. The first-order chi connectivity index (χ1) is 12.3. The van der Waals surface area contributed by atoms with E-state index in [2.05, 4.69) is 5.32 Å². The highest BCUT2D eigenvalue weighted by molar-refractivity contribution is 7.89. The summed E-state index contributed by atoms with van der Waals surface area (Å²) in [4.78, 5) is 12.3. The third-order valence-electron chi connectivity index (χ3n) is 4.01. The predicted molar refractivity (Wildman–Crippen MR) is 94.1 cm³/mol. The minimum Gasteiger partial charge on any atom is -0.454 e. The maximum Gasteiger partial charge on any atom is 0.282 e. The Labute approximate surface area is 151 Å². The third kappa shape index (κ3) is 4.31. The molecular formula is C17H20N3O5S+. The van der Waals surface area contributed by atoms with Gasteiger partial charge in [0.1, 0.15) is 6.54 Å². The zero-order valence-electron chi connectivity index (χ0n) is 14.1. The van der Waals surface area contributed by atoms with Gasteiger partial charge in [0.05, 0.1) is 4.90 Å². The van der Waals surface area contributed by atoms with Crippen LogP contribution in [-0.4, -0.2) is 27.2 Å². The van der Waals surface area contributed by atoms with Crippen LogP contribution in [-0.2, 0) is 21.4 Å². The lowest BCUT2D eigenvalue weighted by Crippen LogP contribution is -2.90. The second kappa shape index (κ2) is 7.32. The van der Waals surface area contributed by atoms with Gasteiger partial charge in [0, 0.05) is 11.3 Å². The molecule has 0 aliphatic carbocycles. The number of rotatable bonds is 6. The number of hydrogen-bond acceptors (Lipinski definition) is 5. The molecule has 9 heteroatoms. The monoisotopic (exact) mass is 378 g/mol. The van der Waals surface area contributed by atoms with Crippen LogP contribution < -0.4 is 25.2 Å². The molecule has 0 aromatic heterocycles. The van der Waals surface area contributed by atoms with Crippen molar-refractivity contribution in [3.63, 3.8) is 0 Å². The van der Waals surface area contributed by atoms with Gasteiger partial charge in [-0.25, -0.2) is 13.6 Å². The molecule has 3 rings (SSSR count). The highest BCUT2D eigenvalue weighted by Gasteiger charge is 2.18. The maximum atomic E-state index is 12.3. The number of amides is 1. The van der Waals surface area contributed by atoms with Gasteiger partial charge in [-0.05, 0) is 49.4 Å². The lowest BCUT2D eigenvalue weighted by molar-refractivity contribution is -0.688. The Hall–Kier alpha value is -2.62. The molecule has 2 aromatic rings. The number of nitrogens with one attached hydrogen (secondary N) is 1. The molecule has 0 bridgehead atoms. The number of hydrogen-bond donors (Lipinski definition) is 3. The van der Waals surface area contributed by atoms with Gasteiger partial charge in [-0.2, -0.15) is 0 Å². The Bertz CT molecular complexity index is 912. The topological polar surface area (TPSA) is 124 Å². The Morgan fingerprint density at radius 3 is 2.58 bits per heavy atom. The molecule has 0 radical (unpaired) electrons. The van der Waals surface area contributed by atoms with Crippen LogP contribution in [0.3, 0.4) is 0 Å². The molecule has 8 nitrogen and oxygen atoms in total. The normalized spacial score (nSPS) is 14.1. The Morgan fingerprint density at radius 2 is 1.88 bits per heavy atom. The van der Waals surface area contributed by atoms with E-state index in [1.807, 2.05) is 23.5 Å². The highest BCUT2D eigenvalue weighted by atomic mass is 32.2. The van der Waals surface area contributed by atoms with E-state index in [0.29, 0.717) is 18.0 Å². The molecule has 1 amide bonds. The smallest absolute Gasteiger partial charge is 0.282 e. The fourth-order valence-electron chi connectivity index (χ4n) is 2.47. The minimum atomic E-state index is -3.75. The summed E-state index contributed by atoms with van der Waals surface area (Å²) in [6, 6.07) is 11.1. The number of carbonyl (C=O) groups excluding carboxylic acids is 1. The van der Waals surface area contributed by atoms with Gasteiger partial charge in [0.15, 0.2) is 17.5 Å². The van der Waals surface area contributed by atoms with Gasteiger partial charge >= 0.3 is 0 Å². The first-order valence-corrected chi connectivity index (χ1v) is 9.53. The minimum absolute atomic E-state index is 0.00193. The van der Waals surface area contributed by atoms with Crippen LogP contribution in [0.2, 0.25) is 0 Å². The van der Waals surface area contributed by atoms with Gasteiger partial charge in [-0.1, -0.05) is 0 Å². The van der Waals surface area contributed by atoms with E-state index >= 15 is 0 Å². The number of primary sulfonamides is 1. The number of carbonyl (C=O) groups is 1. The number of nitrogens with two attached hydrogens (primary N) is 2. The van der Waals surface area contributed by atoms with E-state index in [1.54, 1.807) is 6.92 Å². The Morgan fingerprint density at radius 1 is 1.19 bits per heavy atom. The summed E-state index contributed by atoms with van der Waals surface area (Å²) < 4.78 is 33.1. The van der Waals surface area contributed by atoms with Crippen molar-refractivity contribution in [1.82, 2.24) is 0 Å². The molecule has 0 saturated carbocycles. The van der Waals surface area contributed by atoms with E-state index in [9.17, 15) is 13.2 Å². The summed E-state index contributed by atoms with van der Waals surface area (Å²) >= 11 is 0. The second-order valence-electron chi connectivity index (χ2n) is 5.97. The van der Waals surface area contributed by atoms with Crippen LogP contribution >= 0.6 is 0 Å². The summed E-state index contributed by atoms with van der Waals surface area (Å²) in [6.07, 6.45) is 0. The SMILES string of the molecule is C[C@@H]([NH2+]Cc1ccc2c(c1)OCO2)C(=O)Nc1ccc(S(N)(=O)=O)cc1. The predicted octanol–water partition coefficient (Wildman–Crippen LogP) is 0.153. The van der Waals surface area contributed by atoms with E-state index in [-0.39, 0.29) is 23.6 Å². The van der Waals surface area contributed by atoms with Crippen molar-refractivity contribution in [3.05, 3.63) is 48.0 Å². The van der Waals surface area contributed by atoms with Gasteiger partial charge in [0.2, 0.25) is 16.8 Å². The lowest BCUT2D eigenvalue weighted by Gasteiger charge is -2.12. The number of quaternary nitrogens is 1. The van der Waals surface area contributed by atoms with Crippen molar-refractivity contribution < 1.29 is 28.0 Å². The zero-order chi connectivity index (χ0) is 18.7. The molecule has 0 spiro atoms. The quantitative estimate of drug-likeness (QED) is 0.660. The Balaban J connectivity index is 1.54. The number of ether oxygens (including phenoxy) is 2. The molecule has 1 atom stereocenters. The molecule has 0 fully saturated rings. The molecule has 0 saturated heterocycles. The first-order valence-electron chi connectivity index (χ1n) is 7.98. The zero-order valence-corrected chi connectivity index (χ0v) is 15.0. The molecule has 1 heterocycles. The summed E-state index contributed by atoms with van der Waals surface area (Å²) in [7, 11) is -3.75. The summed E-state index contributed by atoms with van der Waals surface area (Å²) in [5.41, 5.74) is 1.53. The summed E-state index contributed by atoms with van der Waals surface area (Å²) in [5.74, 6) is 1.25. The molecule has 1 aliphatic rings. The van der Waals surface area contributed by atoms with Crippen LogP contribution in [0.1, 0.15) is 12.5 Å². The van der Waals surface area contributed by atoms with Crippen LogP contribution in [0.4, 0.5) is 5.69 Å². The van der Waals surface area contributed by atoms with Crippen LogP contribution in [0.5, 0.6) is 11.5 Å². The first kappa shape index (κ1) is 18.2. The second-order valence-corrected chi connectivity index (χ2v) is 7.54. The van der Waals surface area contributed by atoms with Gasteiger partial charge in [-0.15, -0.1) is 0 Å². The fraction of sp³-hybridized carbons (Fsp3) is 0.235. The van der Waals surface area contributed by atoms with Crippen molar-refractivity contribution in [1.29, 1.82) is 0 Å². The lowest BCUT2D eigenvalue weighted by atomic mass is 10.2. The van der Waals surface area contributed by atoms with Crippen molar-refractivity contribution in [2.45, 2.75) is 24.4 Å². The third-order valence-corrected chi connectivity index (χ3v) is 4.94. The summed E-state index contributed by atoms with van der Waals surface area (Å²) in [6.45, 7) is 2.63. The molecular weight excluding hydrogens is 358 g/mol. The van der Waals surface area contributed by atoms with Crippen molar-refractivity contribution in [3.8, 4) is 11.5 Å². The molecule has 138 valence electrons. The average molecular weight is 378 g/mol. The summed E-state index contributed by atoms with van der Waals surface area (Å²) in [5, 5.41) is 9.69. The van der Waals surface area contributed by atoms with Crippen LogP contribution in [0.25, 0.3) is 0 Å². The molecule has 2 aromatic carbocycles. The molecule has 0 unspecified atom stereocenters. The largest absolute Gasteiger partial charge is 0.454 e. The van der Waals surface area contributed by atoms with E-state index < -0.39 is 10.0 Å². The number of fused-ring (bicyclic) bond motifs is 1. The van der Waals surface area contributed by atoms with E-state index in [0.717, 1.165) is 11.3 Å². The number of sulfonamides is 1. The van der Waals surface area contributed by atoms with Crippen LogP contribution in [0.15, 0.2) is 47.4 Å². The maximum absolute atomic E-state index is 12.3. The highest BCUT2D eigenvalue weighted by Crippen LogP contribution is 2.32. The average Bonchev–Trinajstić information content (AvgIpc) is 3.07. The molecule has 1 aliphatic heterocycles. The number of benzene rings is 2. The molecule has 5 N–H and O–H groups in total. The number of anilines is 1. The van der Waals surface area contributed by atoms with Crippen molar-refractivity contribution in [2.75, 3.05) is 12.1 Å². The molecule has 26 heavy (non-hydrogen) atoms. The van der Waals surface area contributed by atoms with E-state index in [1.165, 1.54) is 24.3 Å². The van der Waals surface area contributed by atoms with Crippen molar-refractivity contribution >= 4 is 21.6 Å². The van der Waals surface area contributed by atoms with Crippen molar-refractivity contribution in [2.24, 2.45) is 5.14 Å². The standard InChI is InChI=1S/C17H19N3O5S/c1-11(19-9-12-2-7-15-16(8-12)25-10-24-15)17(21)20-13-3-5-14(6-4-13)26(18,22)23/h2-8,11,19H,9-10H2,1H3,(H,20,21)(H2,18,22,23)/p+1/t11-/m1/s1. The van der Waals surface area contributed by atoms with Gasteiger partial charge < -0.3 is 20.1 Å². The van der Waals surface area contributed by atoms with Crippen LogP contribution in [0, 0.1) is 0 Å².